The van der Waals surface area contributed by atoms with Crippen molar-refractivity contribution < 1.29 is 19.1 Å². The zero-order valence-corrected chi connectivity index (χ0v) is 13.8. The summed E-state index contributed by atoms with van der Waals surface area (Å²) in [6, 6.07) is 10.5. The first-order valence-corrected chi connectivity index (χ1v) is 7.99. The molecule has 7 nitrogen and oxygen atoms in total. The molecule has 1 saturated heterocycles. The van der Waals surface area contributed by atoms with Gasteiger partial charge in [0.05, 0.1) is 24.6 Å². The van der Waals surface area contributed by atoms with E-state index in [1.165, 1.54) is 7.11 Å². The standard InChI is InChI=1S/C18H19N3O4/c1-24-18(23)12-4-2-5-13(10-12)20-14-7-8-16(19-11-14)21-17(22)15-6-3-9-25-15/h2,4-5,7-8,10-11,15,20H,3,6,9H2,1H3,(H,19,21,22). The number of esters is 1. The molecule has 0 spiro atoms. The number of amides is 1. The van der Waals surface area contributed by atoms with E-state index in [1.807, 2.05) is 6.07 Å². The molecular weight excluding hydrogens is 322 g/mol. The fraction of sp³-hybridized carbons (Fsp3) is 0.278. The average molecular weight is 341 g/mol. The second-order valence-electron chi connectivity index (χ2n) is 5.62. The van der Waals surface area contributed by atoms with Gasteiger partial charge in [0.1, 0.15) is 11.9 Å². The lowest BCUT2D eigenvalue weighted by atomic mass is 10.2. The Balaban J connectivity index is 1.62. The van der Waals surface area contributed by atoms with E-state index in [-0.39, 0.29) is 12.0 Å². The molecule has 1 aromatic heterocycles. The summed E-state index contributed by atoms with van der Waals surface area (Å²) < 4.78 is 10.0. The highest BCUT2D eigenvalue weighted by atomic mass is 16.5. The third-order valence-corrected chi connectivity index (χ3v) is 3.81. The highest BCUT2D eigenvalue weighted by Gasteiger charge is 2.23. The predicted molar refractivity (Wildman–Crippen MR) is 92.9 cm³/mol. The number of anilines is 3. The SMILES string of the molecule is COC(=O)c1cccc(Nc2ccc(NC(=O)C3CCCO3)nc2)c1. The van der Waals surface area contributed by atoms with Crippen LogP contribution in [-0.4, -0.2) is 36.7 Å². The van der Waals surface area contributed by atoms with E-state index in [9.17, 15) is 9.59 Å². The van der Waals surface area contributed by atoms with Gasteiger partial charge in [0, 0.05) is 12.3 Å². The monoisotopic (exact) mass is 341 g/mol. The number of benzene rings is 1. The molecule has 2 heterocycles. The molecule has 0 saturated carbocycles. The molecule has 0 bridgehead atoms. The quantitative estimate of drug-likeness (QED) is 0.813. The maximum atomic E-state index is 12.0. The highest BCUT2D eigenvalue weighted by Crippen LogP contribution is 2.19. The molecule has 1 atom stereocenters. The summed E-state index contributed by atoms with van der Waals surface area (Å²) in [7, 11) is 1.34. The van der Waals surface area contributed by atoms with Gasteiger partial charge in [0.25, 0.3) is 5.91 Å². The summed E-state index contributed by atoms with van der Waals surface area (Å²) in [5, 5.41) is 5.89. The van der Waals surface area contributed by atoms with Gasteiger partial charge in [0.2, 0.25) is 0 Å². The molecule has 130 valence electrons. The molecule has 2 N–H and O–H groups in total. The van der Waals surface area contributed by atoms with Crippen LogP contribution in [0.2, 0.25) is 0 Å². The number of nitrogens with zero attached hydrogens (tertiary/aromatic N) is 1. The van der Waals surface area contributed by atoms with Gasteiger partial charge < -0.3 is 20.1 Å². The number of carbonyl (C=O) groups is 2. The summed E-state index contributed by atoms with van der Waals surface area (Å²) in [6.07, 6.45) is 2.86. The van der Waals surface area contributed by atoms with E-state index >= 15 is 0 Å². The Labute approximate surface area is 145 Å². The summed E-state index contributed by atoms with van der Waals surface area (Å²) >= 11 is 0. The van der Waals surface area contributed by atoms with Gasteiger partial charge in [-0.3, -0.25) is 4.79 Å². The van der Waals surface area contributed by atoms with Crippen molar-refractivity contribution in [2.24, 2.45) is 0 Å². The van der Waals surface area contributed by atoms with Crippen LogP contribution in [0.25, 0.3) is 0 Å². The lowest BCUT2D eigenvalue weighted by Gasteiger charge is -2.11. The van der Waals surface area contributed by atoms with Crippen LogP contribution in [0.3, 0.4) is 0 Å². The molecule has 1 fully saturated rings. The van der Waals surface area contributed by atoms with Crippen LogP contribution in [0.15, 0.2) is 42.6 Å². The second-order valence-corrected chi connectivity index (χ2v) is 5.62. The number of methoxy groups -OCH3 is 1. The van der Waals surface area contributed by atoms with E-state index in [1.54, 1.807) is 36.5 Å². The van der Waals surface area contributed by atoms with Gasteiger partial charge in [-0.15, -0.1) is 0 Å². The zero-order chi connectivity index (χ0) is 17.6. The fourth-order valence-electron chi connectivity index (χ4n) is 2.54. The van der Waals surface area contributed by atoms with Crippen LogP contribution in [-0.2, 0) is 14.3 Å². The Bertz CT molecular complexity index is 755. The number of hydrogen-bond donors (Lipinski definition) is 2. The Kier molecular flexibility index (Phi) is 5.25. The maximum absolute atomic E-state index is 12.0. The Morgan fingerprint density at radius 3 is 2.80 bits per heavy atom. The van der Waals surface area contributed by atoms with Crippen LogP contribution >= 0.6 is 0 Å². The number of rotatable bonds is 5. The Morgan fingerprint density at radius 1 is 1.24 bits per heavy atom. The van der Waals surface area contributed by atoms with Crippen molar-refractivity contribution in [2.75, 3.05) is 24.4 Å². The van der Waals surface area contributed by atoms with E-state index in [0.29, 0.717) is 18.0 Å². The molecule has 1 aliphatic heterocycles. The van der Waals surface area contributed by atoms with Crippen LogP contribution in [0.1, 0.15) is 23.2 Å². The van der Waals surface area contributed by atoms with Gasteiger partial charge in [-0.05, 0) is 43.2 Å². The summed E-state index contributed by atoms with van der Waals surface area (Å²) in [5.74, 6) is -0.0974. The van der Waals surface area contributed by atoms with Crippen molar-refractivity contribution in [3.63, 3.8) is 0 Å². The summed E-state index contributed by atoms with van der Waals surface area (Å²) in [4.78, 5) is 27.8. The molecular formula is C18H19N3O4. The number of hydrogen-bond acceptors (Lipinski definition) is 6. The third kappa shape index (κ3) is 4.33. The second kappa shape index (κ2) is 7.76. The molecule has 25 heavy (non-hydrogen) atoms. The molecule has 1 aliphatic rings. The van der Waals surface area contributed by atoms with Gasteiger partial charge in [0.15, 0.2) is 0 Å². The van der Waals surface area contributed by atoms with Gasteiger partial charge >= 0.3 is 5.97 Å². The number of pyridine rings is 1. The van der Waals surface area contributed by atoms with Gasteiger partial charge in [-0.1, -0.05) is 6.07 Å². The number of ether oxygens (including phenoxy) is 2. The van der Waals surface area contributed by atoms with Crippen LogP contribution in [0.5, 0.6) is 0 Å². The minimum Gasteiger partial charge on any atom is -0.465 e. The maximum Gasteiger partial charge on any atom is 0.337 e. The van der Waals surface area contributed by atoms with E-state index in [2.05, 4.69) is 15.6 Å². The van der Waals surface area contributed by atoms with Gasteiger partial charge in [-0.2, -0.15) is 0 Å². The molecule has 2 aromatic rings. The lowest BCUT2D eigenvalue weighted by Crippen LogP contribution is -2.27. The fourth-order valence-corrected chi connectivity index (χ4v) is 2.54. The Hall–Kier alpha value is -2.93. The lowest BCUT2D eigenvalue weighted by molar-refractivity contribution is -0.124. The first-order chi connectivity index (χ1) is 12.2. The molecule has 1 unspecified atom stereocenters. The predicted octanol–water partition coefficient (Wildman–Crippen LogP) is 2.73. The first kappa shape index (κ1) is 16.9. The first-order valence-electron chi connectivity index (χ1n) is 7.99. The van der Waals surface area contributed by atoms with E-state index in [4.69, 9.17) is 9.47 Å². The molecule has 0 radical (unpaired) electrons. The van der Waals surface area contributed by atoms with Crippen LogP contribution < -0.4 is 10.6 Å². The molecule has 1 amide bonds. The van der Waals surface area contributed by atoms with E-state index in [0.717, 1.165) is 24.2 Å². The van der Waals surface area contributed by atoms with Crippen LogP contribution in [0, 0.1) is 0 Å². The topological polar surface area (TPSA) is 89.6 Å². The molecule has 3 rings (SSSR count). The van der Waals surface area contributed by atoms with Gasteiger partial charge in [-0.25, -0.2) is 9.78 Å². The normalized spacial score (nSPS) is 16.3. The smallest absolute Gasteiger partial charge is 0.337 e. The number of nitrogens with one attached hydrogen (secondary N) is 2. The third-order valence-electron chi connectivity index (χ3n) is 3.81. The highest BCUT2D eigenvalue weighted by molar-refractivity contribution is 5.93. The summed E-state index contributed by atoms with van der Waals surface area (Å²) in [5.41, 5.74) is 1.93. The molecule has 1 aromatic carbocycles. The van der Waals surface area contributed by atoms with Crippen molar-refractivity contribution in [3.05, 3.63) is 48.2 Å². The number of carbonyl (C=O) groups excluding carboxylic acids is 2. The van der Waals surface area contributed by atoms with Crippen molar-refractivity contribution in [1.29, 1.82) is 0 Å². The molecule has 7 heteroatoms. The van der Waals surface area contributed by atoms with Crippen LogP contribution in [0.4, 0.5) is 17.2 Å². The Morgan fingerprint density at radius 2 is 2.12 bits per heavy atom. The number of aromatic nitrogens is 1. The van der Waals surface area contributed by atoms with Crippen molar-refractivity contribution in [1.82, 2.24) is 4.98 Å². The van der Waals surface area contributed by atoms with Crippen molar-refractivity contribution >= 4 is 29.1 Å². The largest absolute Gasteiger partial charge is 0.465 e. The molecule has 0 aliphatic carbocycles. The van der Waals surface area contributed by atoms with E-state index < -0.39 is 5.97 Å². The summed E-state index contributed by atoms with van der Waals surface area (Å²) in [6.45, 7) is 0.624. The van der Waals surface area contributed by atoms with Crippen molar-refractivity contribution in [3.8, 4) is 0 Å². The minimum absolute atomic E-state index is 0.170. The average Bonchev–Trinajstić information content (AvgIpc) is 3.18. The zero-order valence-electron chi connectivity index (χ0n) is 13.8. The minimum atomic E-state index is -0.394. The van der Waals surface area contributed by atoms with Crippen molar-refractivity contribution in [2.45, 2.75) is 18.9 Å².